The molecule has 0 aliphatic rings. The zero-order chi connectivity index (χ0) is 12.5. The van der Waals surface area contributed by atoms with Crippen LogP contribution < -0.4 is 5.30 Å². The predicted octanol–water partition coefficient (Wildman–Crippen LogP) is 1.03. The molecule has 0 aliphatic heterocycles. The molecule has 0 saturated heterocycles. The Labute approximate surface area is 93.5 Å². The van der Waals surface area contributed by atoms with Gasteiger partial charge in [-0.05, 0) is 24.5 Å². The molecular weight excluding hydrogens is 231 g/mol. The highest BCUT2D eigenvalue weighted by Crippen LogP contribution is 2.42. The van der Waals surface area contributed by atoms with Gasteiger partial charge in [0.05, 0.1) is 0 Å². The summed E-state index contributed by atoms with van der Waals surface area (Å²) in [5, 5.41) is 18.9. The number of aryl methyl sites for hydroxylation is 1. The Bertz CT molecular complexity index is 449. The zero-order valence-corrected chi connectivity index (χ0v) is 10.0. The smallest absolute Gasteiger partial charge is 0.360 e. The predicted molar refractivity (Wildman–Crippen MR) is 60.2 cm³/mol. The van der Waals surface area contributed by atoms with Gasteiger partial charge in [-0.15, -0.1) is 0 Å². The molecule has 0 radical (unpaired) electrons. The Morgan fingerprint density at radius 1 is 1.19 bits per heavy atom. The molecule has 0 bridgehead atoms. The van der Waals surface area contributed by atoms with Crippen LogP contribution in [0.1, 0.15) is 25.0 Å². The van der Waals surface area contributed by atoms with E-state index in [9.17, 15) is 14.8 Å². The van der Waals surface area contributed by atoms with E-state index in [1.807, 2.05) is 0 Å². The standard InChI is InChI=1S/C10H15O5P/c1-3-6-5-8(11)10(16(13,14)15)7(4-2)9(6)12/h5,11-12H,3-4H2,1-2H3,(H2,13,14,15). The molecule has 0 unspecified atom stereocenters. The van der Waals surface area contributed by atoms with Gasteiger partial charge < -0.3 is 20.0 Å². The fourth-order valence-electron chi connectivity index (χ4n) is 1.69. The van der Waals surface area contributed by atoms with Crippen molar-refractivity contribution in [2.45, 2.75) is 26.7 Å². The first kappa shape index (κ1) is 13.0. The molecule has 1 aromatic carbocycles. The van der Waals surface area contributed by atoms with E-state index >= 15 is 0 Å². The van der Waals surface area contributed by atoms with Gasteiger partial charge in [-0.1, -0.05) is 13.8 Å². The van der Waals surface area contributed by atoms with Gasteiger partial charge in [-0.25, -0.2) is 0 Å². The maximum Gasteiger partial charge on any atom is 0.360 e. The van der Waals surface area contributed by atoms with Crippen LogP contribution in [0.25, 0.3) is 0 Å². The minimum Gasteiger partial charge on any atom is -0.507 e. The van der Waals surface area contributed by atoms with Gasteiger partial charge in [-0.3, -0.25) is 4.57 Å². The lowest BCUT2D eigenvalue weighted by Gasteiger charge is -2.15. The van der Waals surface area contributed by atoms with Gasteiger partial charge in [0.1, 0.15) is 16.8 Å². The Balaban J connectivity index is 3.63. The maximum atomic E-state index is 11.2. The highest BCUT2D eigenvalue weighted by atomic mass is 31.2. The van der Waals surface area contributed by atoms with Crippen LogP contribution in [0.2, 0.25) is 0 Å². The van der Waals surface area contributed by atoms with Gasteiger partial charge in [0, 0.05) is 5.56 Å². The largest absolute Gasteiger partial charge is 0.507 e. The third-order valence-corrected chi connectivity index (χ3v) is 3.54. The monoisotopic (exact) mass is 246 g/mol. The second-order valence-electron chi connectivity index (χ2n) is 3.48. The lowest BCUT2D eigenvalue weighted by molar-refractivity contribution is 0.383. The molecule has 1 rings (SSSR count). The van der Waals surface area contributed by atoms with Crippen molar-refractivity contribution in [2.75, 3.05) is 0 Å². The summed E-state index contributed by atoms with van der Waals surface area (Å²) in [5.74, 6) is -0.596. The highest BCUT2D eigenvalue weighted by Gasteiger charge is 2.28. The summed E-state index contributed by atoms with van der Waals surface area (Å²) in [4.78, 5) is 18.2. The van der Waals surface area contributed by atoms with Crippen LogP contribution in [-0.2, 0) is 17.4 Å². The van der Waals surface area contributed by atoms with E-state index in [4.69, 9.17) is 9.79 Å². The third kappa shape index (κ3) is 2.21. The van der Waals surface area contributed by atoms with Crippen molar-refractivity contribution in [3.8, 4) is 11.5 Å². The minimum atomic E-state index is -4.58. The normalized spacial score (nSPS) is 11.8. The average molecular weight is 246 g/mol. The van der Waals surface area contributed by atoms with Crippen molar-refractivity contribution in [3.63, 3.8) is 0 Å². The Kier molecular flexibility index (Phi) is 3.63. The van der Waals surface area contributed by atoms with Crippen molar-refractivity contribution >= 4 is 12.9 Å². The number of phenols is 2. The lowest BCUT2D eigenvalue weighted by atomic mass is 10.0. The second-order valence-corrected chi connectivity index (χ2v) is 5.02. The van der Waals surface area contributed by atoms with Crippen molar-refractivity contribution in [3.05, 3.63) is 17.2 Å². The molecule has 5 nitrogen and oxygen atoms in total. The molecule has 0 saturated carbocycles. The molecule has 1 aromatic rings. The Morgan fingerprint density at radius 3 is 2.12 bits per heavy atom. The third-order valence-electron chi connectivity index (χ3n) is 2.46. The minimum absolute atomic E-state index is 0.116. The molecule has 0 spiro atoms. The van der Waals surface area contributed by atoms with Crippen LogP contribution in [-0.4, -0.2) is 20.0 Å². The first-order chi connectivity index (χ1) is 7.32. The van der Waals surface area contributed by atoms with Gasteiger partial charge in [-0.2, -0.15) is 0 Å². The van der Waals surface area contributed by atoms with Crippen molar-refractivity contribution in [1.82, 2.24) is 0 Å². The van der Waals surface area contributed by atoms with Gasteiger partial charge in [0.15, 0.2) is 0 Å². The molecule has 0 aromatic heterocycles. The number of benzene rings is 1. The highest BCUT2D eigenvalue weighted by molar-refractivity contribution is 7.60. The summed E-state index contributed by atoms with van der Waals surface area (Å²) in [6, 6.07) is 1.20. The summed E-state index contributed by atoms with van der Waals surface area (Å²) >= 11 is 0. The van der Waals surface area contributed by atoms with E-state index in [1.165, 1.54) is 6.07 Å². The first-order valence-corrected chi connectivity index (χ1v) is 6.56. The number of rotatable bonds is 3. The number of aromatic hydroxyl groups is 2. The molecule has 0 heterocycles. The van der Waals surface area contributed by atoms with E-state index in [1.54, 1.807) is 13.8 Å². The summed E-state index contributed by atoms with van der Waals surface area (Å²) in [7, 11) is -4.58. The van der Waals surface area contributed by atoms with Gasteiger partial charge in [0.2, 0.25) is 0 Å². The lowest BCUT2D eigenvalue weighted by Crippen LogP contribution is -2.12. The number of phenolic OH excluding ortho intramolecular Hbond substituents is 2. The molecule has 0 amide bonds. The topological polar surface area (TPSA) is 98.0 Å². The number of hydrogen-bond donors (Lipinski definition) is 4. The van der Waals surface area contributed by atoms with Gasteiger partial charge in [0.25, 0.3) is 0 Å². The fourth-order valence-corrected chi connectivity index (χ4v) is 2.67. The van der Waals surface area contributed by atoms with Crippen molar-refractivity contribution in [2.24, 2.45) is 0 Å². The average Bonchev–Trinajstić information content (AvgIpc) is 2.18. The van der Waals surface area contributed by atoms with E-state index in [0.29, 0.717) is 12.0 Å². The zero-order valence-electron chi connectivity index (χ0n) is 9.14. The van der Waals surface area contributed by atoms with Gasteiger partial charge >= 0.3 is 7.60 Å². The summed E-state index contributed by atoms with van der Waals surface area (Å²) in [5.41, 5.74) is 0.594. The van der Waals surface area contributed by atoms with Crippen LogP contribution in [0.4, 0.5) is 0 Å². The molecule has 0 aliphatic carbocycles. The van der Waals surface area contributed by atoms with Crippen LogP contribution in [0.3, 0.4) is 0 Å². The van der Waals surface area contributed by atoms with Crippen LogP contribution in [0.15, 0.2) is 6.07 Å². The second kappa shape index (κ2) is 4.45. The van der Waals surface area contributed by atoms with Crippen molar-refractivity contribution < 1.29 is 24.6 Å². The van der Waals surface area contributed by atoms with E-state index in [-0.39, 0.29) is 17.7 Å². The Morgan fingerprint density at radius 2 is 1.75 bits per heavy atom. The molecule has 6 heteroatoms. The summed E-state index contributed by atoms with van der Waals surface area (Å²) in [6.07, 6.45) is 0.724. The van der Waals surface area contributed by atoms with E-state index in [2.05, 4.69) is 0 Å². The molecular formula is C10H15O5P. The quantitative estimate of drug-likeness (QED) is 0.471. The summed E-state index contributed by atoms with van der Waals surface area (Å²) < 4.78 is 11.2. The van der Waals surface area contributed by atoms with Crippen LogP contribution in [0.5, 0.6) is 11.5 Å². The molecule has 0 fully saturated rings. The van der Waals surface area contributed by atoms with Crippen LogP contribution in [0, 0.1) is 0 Å². The van der Waals surface area contributed by atoms with Crippen molar-refractivity contribution in [1.29, 1.82) is 0 Å². The first-order valence-electron chi connectivity index (χ1n) is 4.95. The molecule has 0 atom stereocenters. The molecule has 4 N–H and O–H groups in total. The van der Waals surface area contributed by atoms with E-state index < -0.39 is 18.6 Å². The fraction of sp³-hybridized carbons (Fsp3) is 0.400. The maximum absolute atomic E-state index is 11.2. The van der Waals surface area contributed by atoms with Crippen LogP contribution >= 0.6 is 7.60 Å². The molecule has 16 heavy (non-hydrogen) atoms. The number of hydrogen-bond acceptors (Lipinski definition) is 3. The summed E-state index contributed by atoms with van der Waals surface area (Å²) in [6.45, 7) is 3.44. The SMILES string of the molecule is CCc1cc(O)c(P(=O)(O)O)c(CC)c1O. The molecule has 90 valence electrons. The Hall–Kier alpha value is -1.03. The van der Waals surface area contributed by atoms with E-state index in [0.717, 1.165) is 0 Å².